The molecule has 2 fully saturated rings. The maximum Gasteiger partial charge on any atom is 0.243 e. The van der Waals surface area contributed by atoms with E-state index in [4.69, 9.17) is 10.5 Å². The number of likely N-dealkylation sites (tertiary alicyclic amines) is 1. The summed E-state index contributed by atoms with van der Waals surface area (Å²) in [6.07, 6.45) is 5.17. The van der Waals surface area contributed by atoms with Crippen LogP contribution in [-0.4, -0.2) is 68.8 Å². The van der Waals surface area contributed by atoms with Crippen molar-refractivity contribution in [2.45, 2.75) is 49.5 Å². The van der Waals surface area contributed by atoms with E-state index in [2.05, 4.69) is 5.32 Å². The molecule has 30 heavy (non-hydrogen) atoms. The molecule has 2 saturated heterocycles. The molecule has 1 aromatic rings. The van der Waals surface area contributed by atoms with Gasteiger partial charge in [0.1, 0.15) is 5.75 Å². The molecule has 1 atom stereocenters. The van der Waals surface area contributed by atoms with Crippen LogP contribution in [0.1, 0.15) is 38.5 Å². The molecule has 3 N–H and O–H groups in total. The first kappa shape index (κ1) is 22.5. The monoisotopic (exact) mass is 438 g/mol. The second-order valence-electron chi connectivity index (χ2n) is 7.76. The molecule has 166 valence electrons. The van der Waals surface area contributed by atoms with E-state index in [1.807, 2.05) is 0 Å². The fraction of sp³-hybridized carbons (Fsp3) is 0.600. The highest BCUT2D eigenvalue weighted by atomic mass is 32.2. The van der Waals surface area contributed by atoms with Crippen LogP contribution < -0.4 is 15.8 Å². The van der Waals surface area contributed by atoms with E-state index in [1.54, 1.807) is 11.0 Å². The molecule has 0 aromatic heterocycles. The molecule has 0 saturated carbocycles. The van der Waals surface area contributed by atoms with Crippen molar-refractivity contribution in [3.63, 3.8) is 0 Å². The minimum atomic E-state index is -3.66. The minimum absolute atomic E-state index is 0.000135. The van der Waals surface area contributed by atoms with Crippen molar-refractivity contribution in [1.29, 1.82) is 0 Å². The van der Waals surface area contributed by atoms with Crippen LogP contribution >= 0.6 is 0 Å². The van der Waals surface area contributed by atoms with Crippen LogP contribution in [0.25, 0.3) is 0 Å². The Hall–Kier alpha value is -2.17. The number of hydrogen-bond acceptors (Lipinski definition) is 6. The Balaban J connectivity index is 1.77. The largest absolute Gasteiger partial charge is 0.495 e. The van der Waals surface area contributed by atoms with Crippen molar-refractivity contribution < 1.29 is 22.7 Å². The number of primary amides is 1. The van der Waals surface area contributed by atoms with Crippen molar-refractivity contribution in [2.75, 3.05) is 38.6 Å². The fourth-order valence-corrected chi connectivity index (χ4v) is 5.63. The summed E-state index contributed by atoms with van der Waals surface area (Å²) in [5, 5.41) is 2.73. The lowest BCUT2D eigenvalue weighted by atomic mass is 10.2. The van der Waals surface area contributed by atoms with Crippen molar-refractivity contribution >= 4 is 27.5 Å². The van der Waals surface area contributed by atoms with Gasteiger partial charge in [-0.3, -0.25) is 14.5 Å². The molecule has 2 heterocycles. The maximum atomic E-state index is 13.1. The van der Waals surface area contributed by atoms with Gasteiger partial charge in [0.05, 0.1) is 30.3 Å². The van der Waals surface area contributed by atoms with Gasteiger partial charge in [-0.1, -0.05) is 12.8 Å². The van der Waals surface area contributed by atoms with Gasteiger partial charge in [0, 0.05) is 13.1 Å². The first-order valence-electron chi connectivity index (χ1n) is 10.3. The van der Waals surface area contributed by atoms with Crippen LogP contribution in [0.4, 0.5) is 5.69 Å². The van der Waals surface area contributed by atoms with E-state index in [9.17, 15) is 18.0 Å². The average molecular weight is 439 g/mol. The number of benzene rings is 1. The Morgan fingerprint density at radius 1 is 1.13 bits per heavy atom. The summed E-state index contributed by atoms with van der Waals surface area (Å²) >= 11 is 0. The summed E-state index contributed by atoms with van der Waals surface area (Å²) in [5.74, 6) is -0.430. The second-order valence-corrected chi connectivity index (χ2v) is 9.70. The van der Waals surface area contributed by atoms with Gasteiger partial charge < -0.3 is 15.8 Å². The second kappa shape index (κ2) is 9.76. The summed E-state index contributed by atoms with van der Waals surface area (Å²) in [5.41, 5.74) is 5.69. The number of nitrogens with one attached hydrogen (secondary N) is 1. The van der Waals surface area contributed by atoms with E-state index < -0.39 is 22.0 Å². The highest BCUT2D eigenvalue weighted by Gasteiger charge is 2.31. The average Bonchev–Trinajstić information content (AvgIpc) is 2.98. The Bertz CT molecular complexity index is 881. The number of rotatable bonds is 7. The summed E-state index contributed by atoms with van der Waals surface area (Å²) in [7, 11) is -2.20. The number of sulfonamides is 1. The first-order valence-corrected chi connectivity index (χ1v) is 11.8. The number of hydrogen-bond donors (Lipinski definition) is 2. The van der Waals surface area contributed by atoms with Gasteiger partial charge in [-0.05, 0) is 50.4 Å². The molecule has 0 spiro atoms. The smallest absolute Gasteiger partial charge is 0.243 e. The van der Waals surface area contributed by atoms with Gasteiger partial charge in [0.2, 0.25) is 21.8 Å². The molecule has 2 amide bonds. The highest BCUT2D eigenvalue weighted by Crippen LogP contribution is 2.30. The lowest BCUT2D eigenvalue weighted by Gasteiger charge is -2.22. The van der Waals surface area contributed by atoms with Gasteiger partial charge >= 0.3 is 0 Å². The van der Waals surface area contributed by atoms with E-state index in [-0.39, 0.29) is 23.0 Å². The molecule has 0 bridgehead atoms. The zero-order valence-electron chi connectivity index (χ0n) is 17.3. The molecule has 2 aliphatic rings. The van der Waals surface area contributed by atoms with Crippen molar-refractivity contribution in [3.8, 4) is 5.75 Å². The van der Waals surface area contributed by atoms with E-state index in [0.29, 0.717) is 31.8 Å². The van der Waals surface area contributed by atoms with Crippen LogP contribution in [0.3, 0.4) is 0 Å². The third-order valence-corrected chi connectivity index (χ3v) is 7.58. The van der Waals surface area contributed by atoms with E-state index in [0.717, 1.165) is 32.1 Å². The zero-order valence-corrected chi connectivity index (χ0v) is 18.1. The van der Waals surface area contributed by atoms with Crippen LogP contribution in [0.5, 0.6) is 5.75 Å². The van der Waals surface area contributed by atoms with E-state index >= 15 is 0 Å². The lowest BCUT2D eigenvalue weighted by molar-refractivity contribution is -0.123. The number of ether oxygens (including phenoxy) is 1. The minimum Gasteiger partial charge on any atom is -0.495 e. The normalized spacial score (nSPS) is 21.2. The SMILES string of the molecule is COc1ccc(S(=O)(=O)N2CCCCCC2)cc1NC(=O)CN1CCC[C@H]1C(N)=O. The first-order chi connectivity index (χ1) is 14.3. The number of nitrogens with zero attached hydrogens (tertiary/aromatic N) is 2. The van der Waals surface area contributed by atoms with Crippen LogP contribution in [0.15, 0.2) is 23.1 Å². The molecule has 9 nitrogen and oxygen atoms in total. The van der Waals surface area contributed by atoms with Gasteiger partial charge in [-0.15, -0.1) is 0 Å². The Morgan fingerprint density at radius 3 is 2.47 bits per heavy atom. The molecule has 2 aliphatic heterocycles. The number of carbonyl (C=O) groups excluding carboxylic acids is 2. The number of carbonyl (C=O) groups is 2. The van der Waals surface area contributed by atoms with Crippen molar-refractivity contribution in [3.05, 3.63) is 18.2 Å². The fourth-order valence-electron chi connectivity index (χ4n) is 4.09. The molecule has 3 rings (SSSR count). The number of amides is 2. The topological polar surface area (TPSA) is 122 Å². The Kier molecular flexibility index (Phi) is 7.32. The summed E-state index contributed by atoms with van der Waals surface area (Å²) in [6, 6.07) is 4.03. The third kappa shape index (κ3) is 5.11. The van der Waals surface area contributed by atoms with Gasteiger partial charge in [-0.2, -0.15) is 4.31 Å². The van der Waals surface area contributed by atoms with Gasteiger partial charge in [0.25, 0.3) is 0 Å². The molecule has 0 radical (unpaired) electrons. The van der Waals surface area contributed by atoms with Crippen molar-refractivity contribution in [2.24, 2.45) is 5.73 Å². The zero-order chi connectivity index (χ0) is 21.7. The summed E-state index contributed by atoms with van der Waals surface area (Å²) in [6.45, 7) is 1.61. The van der Waals surface area contributed by atoms with Gasteiger partial charge in [-0.25, -0.2) is 8.42 Å². The summed E-state index contributed by atoms with van der Waals surface area (Å²) < 4.78 is 33.0. The van der Waals surface area contributed by atoms with Crippen molar-refractivity contribution in [1.82, 2.24) is 9.21 Å². The number of methoxy groups -OCH3 is 1. The third-order valence-electron chi connectivity index (χ3n) is 5.69. The Morgan fingerprint density at radius 2 is 1.83 bits per heavy atom. The molecular formula is C20H30N4O5S. The highest BCUT2D eigenvalue weighted by molar-refractivity contribution is 7.89. The quantitative estimate of drug-likeness (QED) is 0.658. The number of anilines is 1. The molecule has 1 aromatic carbocycles. The Labute approximate surface area is 177 Å². The molecule has 0 aliphatic carbocycles. The number of nitrogens with two attached hydrogens (primary N) is 1. The molecule has 0 unspecified atom stereocenters. The van der Waals surface area contributed by atoms with Gasteiger partial charge in [0.15, 0.2) is 0 Å². The standard InChI is InChI=1S/C20H30N4O5S/c1-29-18-9-8-15(30(27,28)24-11-4-2-3-5-12-24)13-16(18)22-19(25)14-23-10-6-7-17(23)20(21)26/h8-9,13,17H,2-7,10-12,14H2,1H3,(H2,21,26)(H,22,25)/t17-/m0/s1. The maximum absolute atomic E-state index is 13.1. The molecular weight excluding hydrogens is 408 g/mol. The lowest BCUT2D eigenvalue weighted by Crippen LogP contribution is -2.43. The van der Waals surface area contributed by atoms with Crippen LogP contribution in [0, 0.1) is 0 Å². The predicted octanol–water partition coefficient (Wildman–Crippen LogP) is 1.15. The van der Waals surface area contributed by atoms with E-state index in [1.165, 1.54) is 23.5 Å². The summed E-state index contributed by atoms with van der Waals surface area (Å²) in [4.78, 5) is 26.0. The van der Waals surface area contributed by atoms with Crippen LogP contribution in [0.2, 0.25) is 0 Å². The predicted molar refractivity (Wildman–Crippen MR) is 113 cm³/mol. The molecule has 10 heteroatoms. The van der Waals surface area contributed by atoms with Crippen LogP contribution in [-0.2, 0) is 19.6 Å².